The van der Waals surface area contributed by atoms with Gasteiger partial charge in [0, 0.05) is 34.4 Å². The van der Waals surface area contributed by atoms with Crippen LogP contribution in [0.25, 0.3) is 27.2 Å². The van der Waals surface area contributed by atoms with Crippen LogP contribution in [-0.2, 0) is 70.8 Å². The highest BCUT2D eigenvalue weighted by atomic mass is 32.2. The number of hydrogen-bond donors (Lipinski definition) is 11. The third-order valence-corrected chi connectivity index (χ3v) is 18.7. The molecule has 0 spiro atoms. The van der Waals surface area contributed by atoms with Crippen LogP contribution in [0.4, 0.5) is 45.5 Å². The Bertz CT molecular complexity index is 5310. The number of phenols is 2. The minimum atomic E-state index is -5.79. The van der Waals surface area contributed by atoms with Gasteiger partial charge in [0.15, 0.2) is 17.2 Å². The number of nitro groups is 1. The Kier molecular flexibility index (Phi) is 17.0. The largest absolute Gasteiger partial charge is 0.505 e. The fourth-order valence-corrected chi connectivity index (χ4v) is 13.0. The summed E-state index contributed by atoms with van der Waals surface area (Å²) < 4.78 is 253. The van der Waals surface area contributed by atoms with Gasteiger partial charge in [0.2, 0.25) is 5.88 Å². The monoisotopic (exact) mass is 1370 g/mol. The van der Waals surface area contributed by atoms with Gasteiger partial charge < -0.3 is 25.8 Å². The van der Waals surface area contributed by atoms with Crippen LogP contribution < -0.4 is 10.5 Å². The van der Waals surface area contributed by atoms with E-state index in [-0.39, 0.29) is 23.5 Å². The zero-order valence-corrected chi connectivity index (χ0v) is 49.2. The highest BCUT2D eigenvalue weighted by Gasteiger charge is 2.36. The van der Waals surface area contributed by atoms with Gasteiger partial charge in [-0.25, -0.2) is 0 Å². The van der Waals surface area contributed by atoms with E-state index in [1.54, 1.807) is 0 Å². The third-order valence-electron chi connectivity index (χ3n) is 12.3. The summed E-state index contributed by atoms with van der Waals surface area (Å²) in [6.45, 7) is 1.29. The fraction of sp³-hybridized carbons (Fsp3) is 0.0930. The van der Waals surface area contributed by atoms with Crippen molar-refractivity contribution in [2.45, 2.75) is 47.6 Å². The lowest BCUT2D eigenvalue weighted by Crippen LogP contribution is -2.32. The first-order chi connectivity index (χ1) is 40.9. The van der Waals surface area contributed by atoms with Crippen LogP contribution >= 0.6 is 0 Å². The Hall–Kier alpha value is -9.30. The number of aryl methyl sites for hydroxylation is 1. The van der Waals surface area contributed by atoms with E-state index in [1.807, 2.05) is 0 Å². The van der Waals surface area contributed by atoms with Crippen molar-refractivity contribution >= 4 is 138 Å². The van der Waals surface area contributed by atoms with Gasteiger partial charge in [-0.2, -0.15) is 73.8 Å². The maximum Gasteiger partial charge on any atom is 0.297 e. The van der Waals surface area contributed by atoms with Crippen LogP contribution in [0.5, 0.6) is 23.1 Å². The van der Waals surface area contributed by atoms with Gasteiger partial charge in [-0.15, -0.1) is 35.8 Å². The van der Waals surface area contributed by atoms with Crippen LogP contribution in [0.2, 0.25) is 0 Å². The zero-order chi connectivity index (χ0) is 66.2. The molecule has 470 valence electrons. The first kappa shape index (κ1) is 65.7. The Morgan fingerprint density at radius 3 is 1.65 bits per heavy atom. The summed E-state index contributed by atoms with van der Waals surface area (Å²) in [5, 5.41) is 72.6. The molecule has 12 N–H and O–H groups in total. The number of aromatic hydroxyl groups is 3. The van der Waals surface area contributed by atoms with Crippen molar-refractivity contribution < 1.29 is 116 Å². The number of nitrogen functional groups attached to an aromatic ring is 1. The number of ether oxygens (including phenoxy) is 1. The quantitative estimate of drug-likeness (QED) is 0.0146. The van der Waals surface area contributed by atoms with E-state index in [1.165, 1.54) is 6.92 Å². The van der Waals surface area contributed by atoms with Gasteiger partial charge in [-0.05, 0) is 73.7 Å². The number of rotatable bonds is 18. The van der Waals surface area contributed by atoms with Crippen molar-refractivity contribution in [3.63, 3.8) is 0 Å². The van der Waals surface area contributed by atoms with Crippen LogP contribution in [0.3, 0.4) is 0 Å². The van der Waals surface area contributed by atoms with Crippen LogP contribution in [0, 0.1) is 17.0 Å². The Morgan fingerprint density at radius 1 is 0.573 bits per heavy atom. The van der Waals surface area contributed by atoms with Crippen molar-refractivity contribution in [2.24, 2.45) is 40.9 Å². The molecule has 2 atom stereocenters. The molecule has 2 unspecified atom stereocenters. The lowest BCUT2D eigenvalue weighted by molar-refractivity contribution is -0.419. The van der Waals surface area contributed by atoms with E-state index >= 15 is 0 Å². The summed E-state index contributed by atoms with van der Waals surface area (Å²) in [7, 11) is -37.1. The van der Waals surface area contributed by atoms with Crippen LogP contribution in [0.15, 0.2) is 161 Å². The maximum atomic E-state index is 13.2. The van der Waals surface area contributed by atoms with E-state index < -0.39 is 212 Å². The predicted molar refractivity (Wildman–Crippen MR) is 298 cm³/mol. The second kappa shape index (κ2) is 23.0. The lowest BCUT2D eigenvalue weighted by atomic mass is 10.0. The molecule has 0 saturated heterocycles. The molecule has 46 heteroatoms. The third kappa shape index (κ3) is 13.3. The molecule has 7 aromatic rings. The lowest BCUT2D eigenvalue weighted by Gasteiger charge is -2.17. The number of phenolic OH excluding ortho intramolecular Hbond substituents is 2. The highest BCUT2D eigenvalue weighted by Crippen LogP contribution is 2.50. The molecule has 1 aliphatic carbocycles. The standard InChI is InChI=1S/C43H34N12O27S7/c1-17-37(43(58)54(53-17)18-3-6-20(7-4-18)83(61,62)63)50-48-27-14-26(29(82-2)16-32(27)86(70,71)72)47-51-38-33(87(73,74)75)12-22-21(40(38)56)8-10-25(42(22)89(79,80)81)46-49-28-15-30(84(64,65)66)23-13-34(88(76,77)78)39(41(57)35(23)36(28)44)52-45-24-9-5-19(55(59)60)11-31(24)85(67,68)69/h3-16,24,31,56-58H,44H2,1-2H3,(H,61,62,63)(H,64,65,66)(H,67,68,69)(H,70,71,72)(H,73,74,75)(H,76,77,78)(H,79,80,81)/b49-46?,50-48+,51-47?,52-45?. The first-order valence-electron chi connectivity index (χ1n) is 23.0. The molecule has 0 fully saturated rings. The highest BCUT2D eigenvalue weighted by molar-refractivity contribution is 7.87. The molecule has 1 aromatic heterocycles. The summed E-state index contributed by atoms with van der Waals surface area (Å²) in [4.78, 5) is 2.79. The van der Waals surface area contributed by atoms with Gasteiger partial charge in [0.05, 0.1) is 39.4 Å². The van der Waals surface area contributed by atoms with Gasteiger partial charge in [0.1, 0.15) is 75.6 Å². The summed E-state index contributed by atoms with van der Waals surface area (Å²) in [5.41, 5.74) is -2.30. The van der Waals surface area contributed by atoms with E-state index in [9.17, 15) is 116 Å². The minimum Gasteiger partial charge on any atom is -0.505 e. The Morgan fingerprint density at radius 2 is 1.11 bits per heavy atom. The van der Waals surface area contributed by atoms with Crippen molar-refractivity contribution in [3.8, 4) is 28.8 Å². The predicted octanol–water partition coefficient (Wildman–Crippen LogP) is 6.36. The number of anilines is 1. The summed E-state index contributed by atoms with van der Waals surface area (Å²) in [5.74, 6) is -4.30. The fourth-order valence-electron chi connectivity index (χ4n) is 8.31. The SMILES string of the molecule is COc1cc(S(=O)(=O)O)c(/N=N/c2c(C)nn(-c3ccc(S(=O)(=O)O)cc3)c2O)cc1N=Nc1c(S(=O)(=O)O)cc2c(S(=O)(=O)O)c(N=Nc3cc(S(=O)(=O)O)c4cc(S(=O)(=O)O)c(N=NC5C=CC([N+](=O)[O-])=CC5S(=O)(=O)O)c(O)c4c3N)ccc2c1O. The molecule has 0 aliphatic heterocycles. The minimum absolute atomic E-state index is 0.0117. The van der Waals surface area contributed by atoms with Gasteiger partial charge in [0.25, 0.3) is 76.5 Å². The second-order valence-corrected chi connectivity index (χ2v) is 27.8. The molecule has 0 amide bonds. The summed E-state index contributed by atoms with van der Waals surface area (Å²) in [6, 6.07) is 5.80. The van der Waals surface area contributed by atoms with E-state index in [0.717, 1.165) is 42.1 Å². The Balaban J connectivity index is 1.25. The smallest absolute Gasteiger partial charge is 0.297 e. The number of nitrogens with two attached hydrogens (primary N) is 1. The first-order valence-corrected chi connectivity index (χ1v) is 33.1. The summed E-state index contributed by atoms with van der Waals surface area (Å²) in [6.07, 6.45) is 1.81. The normalized spacial score (nSPS) is 15.8. The van der Waals surface area contributed by atoms with Crippen LogP contribution in [0.1, 0.15) is 5.69 Å². The van der Waals surface area contributed by atoms with Crippen molar-refractivity contribution in [2.75, 3.05) is 12.8 Å². The molecule has 39 nitrogen and oxygen atoms in total. The van der Waals surface area contributed by atoms with E-state index in [4.69, 9.17) is 10.5 Å². The van der Waals surface area contributed by atoms with Crippen molar-refractivity contribution in [1.82, 2.24) is 9.78 Å². The van der Waals surface area contributed by atoms with Gasteiger partial charge >= 0.3 is 0 Å². The topological polar surface area (TPSA) is 636 Å². The molecule has 1 heterocycles. The van der Waals surface area contributed by atoms with Gasteiger partial charge in [-0.3, -0.25) is 42.0 Å². The summed E-state index contributed by atoms with van der Waals surface area (Å²) >= 11 is 0. The number of hydrogen-bond acceptors (Lipinski definition) is 30. The molecule has 89 heavy (non-hydrogen) atoms. The molecule has 1 aliphatic rings. The van der Waals surface area contributed by atoms with Crippen molar-refractivity contribution in [1.29, 1.82) is 0 Å². The Labute approximate surface area is 497 Å². The van der Waals surface area contributed by atoms with Crippen LogP contribution in [-0.4, -0.2) is 139 Å². The number of methoxy groups -OCH3 is 1. The number of allylic oxidation sites excluding steroid dienone is 1. The number of fused-ring (bicyclic) bond motifs is 2. The number of aromatic nitrogens is 2. The molecular formula is C43H34N12O27S7. The number of azo groups is 4. The maximum absolute atomic E-state index is 13.2. The molecule has 8 rings (SSSR count). The van der Waals surface area contributed by atoms with E-state index in [2.05, 4.69) is 46.0 Å². The molecule has 0 bridgehead atoms. The van der Waals surface area contributed by atoms with E-state index in [0.29, 0.717) is 42.5 Å². The average Bonchev–Trinajstić information content (AvgIpc) is 2.85. The number of nitrogens with zero attached hydrogens (tertiary/aromatic N) is 11. The number of benzene rings is 6. The molecule has 6 aromatic carbocycles. The molecule has 0 radical (unpaired) electrons. The van der Waals surface area contributed by atoms with Gasteiger partial charge in [-0.1, -0.05) is 0 Å². The van der Waals surface area contributed by atoms with Crippen molar-refractivity contribution in [3.05, 3.63) is 106 Å². The zero-order valence-electron chi connectivity index (χ0n) is 43.5. The average molecular weight is 1380 g/mol. The second-order valence-electron chi connectivity index (χ2n) is 17.9. The molecular weight excluding hydrogens is 1340 g/mol. The molecule has 0 saturated carbocycles.